The van der Waals surface area contributed by atoms with Crippen LogP contribution in [0, 0.1) is 0 Å². The molecule has 0 unspecified atom stereocenters. The maximum Gasteiger partial charge on any atom is 0.244 e. The molecule has 114 valence electrons. The molecule has 1 N–H and O–H groups in total. The maximum atomic E-state index is 12.0. The fourth-order valence-corrected chi connectivity index (χ4v) is 2.95. The van der Waals surface area contributed by atoms with E-state index >= 15 is 0 Å². The molecule has 0 aliphatic rings. The second-order valence-corrected chi connectivity index (χ2v) is 5.90. The molecule has 1 amide bonds. The van der Waals surface area contributed by atoms with Crippen molar-refractivity contribution < 1.29 is 4.79 Å². The smallest absolute Gasteiger partial charge is 0.244 e. The van der Waals surface area contributed by atoms with Gasteiger partial charge in [0.15, 0.2) is 0 Å². The van der Waals surface area contributed by atoms with Gasteiger partial charge in [-0.25, -0.2) is 0 Å². The van der Waals surface area contributed by atoms with Crippen LogP contribution in [0.1, 0.15) is 11.1 Å². The molecule has 23 heavy (non-hydrogen) atoms. The van der Waals surface area contributed by atoms with Crippen molar-refractivity contribution in [1.29, 1.82) is 0 Å². The number of aromatic nitrogens is 1. The number of hydrogen-bond donors (Lipinski definition) is 1. The van der Waals surface area contributed by atoms with Crippen LogP contribution >= 0.6 is 11.3 Å². The van der Waals surface area contributed by atoms with Gasteiger partial charge < -0.3 is 5.32 Å². The molecule has 0 spiro atoms. The minimum atomic E-state index is -0.116. The Kier molecular flexibility index (Phi) is 4.96. The largest absolute Gasteiger partial charge is 0.348 e. The highest BCUT2D eigenvalue weighted by atomic mass is 32.1. The highest BCUT2D eigenvalue weighted by molar-refractivity contribution is 7.13. The van der Waals surface area contributed by atoms with E-state index in [2.05, 4.69) is 10.3 Å². The van der Waals surface area contributed by atoms with Gasteiger partial charge in [-0.15, -0.1) is 11.3 Å². The van der Waals surface area contributed by atoms with Crippen molar-refractivity contribution in [1.82, 2.24) is 10.3 Å². The van der Waals surface area contributed by atoms with Crippen molar-refractivity contribution in [2.45, 2.75) is 6.54 Å². The number of carbonyl (C=O) groups excluding carboxylic acids is 1. The van der Waals surface area contributed by atoms with Gasteiger partial charge in [0.1, 0.15) is 0 Å². The predicted octanol–water partition coefficient (Wildman–Crippen LogP) is 4.14. The van der Waals surface area contributed by atoms with Crippen molar-refractivity contribution >= 4 is 23.3 Å². The third-order valence-corrected chi connectivity index (χ3v) is 4.20. The molecule has 0 fully saturated rings. The lowest BCUT2D eigenvalue weighted by Crippen LogP contribution is -2.20. The van der Waals surface area contributed by atoms with E-state index in [0.29, 0.717) is 6.54 Å². The van der Waals surface area contributed by atoms with E-state index in [1.165, 1.54) is 0 Å². The summed E-state index contributed by atoms with van der Waals surface area (Å²) in [7, 11) is 0. The van der Waals surface area contributed by atoms with Crippen molar-refractivity contribution in [3.8, 4) is 10.6 Å². The number of carbonyl (C=O) groups is 1. The molecule has 0 saturated heterocycles. The van der Waals surface area contributed by atoms with Gasteiger partial charge in [-0.1, -0.05) is 42.5 Å². The first-order valence-electron chi connectivity index (χ1n) is 7.31. The fraction of sp³-hybridized carbons (Fsp3) is 0.0526. The first-order valence-corrected chi connectivity index (χ1v) is 8.19. The highest BCUT2D eigenvalue weighted by Gasteiger charge is 2.07. The molecule has 0 radical (unpaired) electrons. The molecular formula is C19H16N2OS. The zero-order chi connectivity index (χ0) is 15.9. The first-order chi connectivity index (χ1) is 11.3. The molecule has 2 aromatic heterocycles. The molecule has 4 heteroatoms. The molecule has 0 atom stereocenters. The summed E-state index contributed by atoms with van der Waals surface area (Å²) in [6.45, 7) is 0.457. The van der Waals surface area contributed by atoms with Crippen LogP contribution in [-0.2, 0) is 11.3 Å². The Hall–Kier alpha value is -2.72. The Balaban J connectivity index is 1.65. The Bertz CT molecular complexity index is 795. The summed E-state index contributed by atoms with van der Waals surface area (Å²) < 4.78 is 0. The Morgan fingerprint density at radius 3 is 2.74 bits per heavy atom. The second kappa shape index (κ2) is 7.51. The number of pyridine rings is 1. The van der Waals surface area contributed by atoms with Crippen molar-refractivity contribution in [2.75, 3.05) is 0 Å². The van der Waals surface area contributed by atoms with E-state index in [0.717, 1.165) is 21.7 Å². The van der Waals surface area contributed by atoms with Crippen LogP contribution in [-0.4, -0.2) is 10.9 Å². The van der Waals surface area contributed by atoms with E-state index in [1.54, 1.807) is 29.7 Å². The zero-order valence-electron chi connectivity index (χ0n) is 12.5. The average Bonchev–Trinajstić information content (AvgIpc) is 3.14. The Morgan fingerprint density at radius 1 is 1.09 bits per heavy atom. The molecule has 0 aliphatic carbocycles. The molecule has 0 aliphatic heterocycles. The van der Waals surface area contributed by atoms with Gasteiger partial charge in [-0.3, -0.25) is 9.78 Å². The lowest BCUT2D eigenvalue weighted by molar-refractivity contribution is -0.116. The number of thiophene rings is 1. The van der Waals surface area contributed by atoms with Crippen LogP contribution in [0.25, 0.3) is 16.6 Å². The van der Waals surface area contributed by atoms with Crippen molar-refractivity contribution in [2.24, 2.45) is 0 Å². The summed E-state index contributed by atoms with van der Waals surface area (Å²) in [5.74, 6) is -0.116. The standard InChI is InChI=1S/C19H16N2OS/c22-18(11-10-15-6-2-1-3-7-15)21-14-16-8-4-12-20-19(16)17-9-5-13-23-17/h1-13H,14H2,(H,21,22)/b11-10+. The summed E-state index contributed by atoms with van der Waals surface area (Å²) in [6, 6.07) is 17.7. The molecule has 3 nitrogen and oxygen atoms in total. The van der Waals surface area contributed by atoms with Gasteiger partial charge in [0.25, 0.3) is 0 Å². The van der Waals surface area contributed by atoms with Crippen LogP contribution in [0.4, 0.5) is 0 Å². The van der Waals surface area contributed by atoms with Gasteiger partial charge in [0.05, 0.1) is 10.6 Å². The second-order valence-electron chi connectivity index (χ2n) is 4.95. The number of rotatable bonds is 5. The Labute approximate surface area is 139 Å². The van der Waals surface area contributed by atoms with Gasteiger partial charge in [0, 0.05) is 18.8 Å². The molecule has 3 aromatic rings. The van der Waals surface area contributed by atoms with E-state index in [-0.39, 0.29) is 5.91 Å². The number of hydrogen-bond acceptors (Lipinski definition) is 3. The summed E-state index contributed by atoms with van der Waals surface area (Å²) in [4.78, 5) is 17.5. The summed E-state index contributed by atoms with van der Waals surface area (Å²) >= 11 is 1.64. The third kappa shape index (κ3) is 4.14. The van der Waals surface area contributed by atoms with Gasteiger partial charge in [-0.05, 0) is 34.7 Å². The maximum absolute atomic E-state index is 12.0. The Morgan fingerprint density at radius 2 is 1.96 bits per heavy atom. The normalized spacial score (nSPS) is 10.8. The monoisotopic (exact) mass is 320 g/mol. The van der Waals surface area contributed by atoms with Crippen LogP contribution in [0.5, 0.6) is 0 Å². The number of nitrogens with zero attached hydrogens (tertiary/aromatic N) is 1. The fourth-order valence-electron chi connectivity index (χ4n) is 2.19. The lowest BCUT2D eigenvalue weighted by atomic mass is 10.1. The van der Waals surface area contributed by atoms with E-state index in [4.69, 9.17) is 0 Å². The topological polar surface area (TPSA) is 42.0 Å². The molecule has 0 saturated carbocycles. The van der Waals surface area contributed by atoms with Gasteiger partial charge in [0.2, 0.25) is 5.91 Å². The van der Waals surface area contributed by atoms with E-state index < -0.39 is 0 Å². The van der Waals surface area contributed by atoms with Crippen LogP contribution in [0.3, 0.4) is 0 Å². The predicted molar refractivity (Wildman–Crippen MR) is 94.9 cm³/mol. The number of benzene rings is 1. The van der Waals surface area contributed by atoms with Crippen LogP contribution < -0.4 is 5.32 Å². The number of nitrogens with one attached hydrogen (secondary N) is 1. The van der Waals surface area contributed by atoms with Crippen LogP contribution in [0.2, 0.25) is 0 Å². The molecule has 3 rings (SSSR count). The summed E-state index contributed by atoms with van der Waals surface area (Å²) in [6.07, 6.45) is 5.13. The summed E-state index contributed by atoms with van der Waals surface area (Å²) in [5, 5.41) is 4.93. The third-order valence-electron chi connectivity index (χ3n) is 3.33. The van der Waals surface area contributed by atoms with Gasteiger partial charge >= 0.3 is 0 Å². The first kappa shape index (κ1) is 15.2. The average molecular weight is 320 g/mol. The highest BCUT2D eigenvalue weighted by Crippen LogP contribution is 2.25. The number of amides is 1. The summed E-state index contributed by atoms with van der Waals surface area (Å²) in [5.41, 5.74) is 2.94. The van der Waals surface area contributed by atoms with Crippen molar-refractivity contribution in [3.05, 3.63) is 83.4 Å². The minimum absolute atomic E-state index is 0.116. The van der Waals surface area contributed by atoms with E-state index in [1.807, 2.05) is 60.0 Å². The van der Waals surface area contributed by atoms with Gasteiger partial charge in [-0.2, -0.15) is 0 Å². The van der Waals surface area contributed by atoms with E-state index in [9.17, 15) is 4.79 Å². The van der Waals surface area contributed by atoms with Crippen LogP contribution in [0.15, 0.2) is 72.3 Å². The molecule has 0 bridgehead atoms. The quantitative estimate of drug-likeness (QED) is 0.718. The zero-order valence-corrected chi connectivity index (χ0v) is 13.3. The molecular weight excluding hydrogens is 304 g/mol. The van der Waals surface area contributed by atoms with Crippen molar-refractivity contribution in [3.63, 3.8) is 0 Å². The SMILES string of the molecule is O=C(/C=C/c1ccccc1)NCc1cccnc1-c1cccs1. The minimum Gasteiger partial charge on any atom is -0.348 e. The lowest BCUT2D eigenvalue weighted by Gasteiger charge is -2.07. The molecule has 2 heterocycles. The molecule has 1 aromatic carbocycles.